The van der Waals surface area contributed by atoms with E-state index in [9.17, 15) is 9.59 Å². The Morgan fingerprint density at radius 2 is 1.74 bits per heavy atom. The summed E-state index contributed by atoms with van der Waals surface area (Å²) in [4.78, 5) is 27.9. The molecule has 2 aromatic carbocycles. The second-order valence-corrected chi connectivity index (χ2v) is 10.6. The zero-order valence-corrected chi connectivity index (χ0v) is 24.1. The predicted octanol–water partition coefficient (Wildman–Crippen LogP) is 5.69. The minimum Gasteiger partial charge on any atom is -0.494 e. The number of carbonyl (C=O) groups is 2. The first kappa shape index (κ1) is 29.7. The number of methoxy groups -OCH3 is 1. The van der Waals surface area contributed by atoms with Gasteiger partial charge in [-0.1, -0.05) is 38.5 Å². The van der Waals surface area contributed by atoms with Gasteiger partial charge in [-0.2, -0.15) is 5.10 Å². The maximum atomic E-state index is 13.3. The van der Waals surface area contributed by atoms with E-state index in [0.29, 0.717) is 37.7 Å². The van der Waals surface area contributed by atoms with E-state index in [0.717, 1.165) is 28.3 Å². The smallest absolute Gasteiger partial charge is 0.322 e. The maximum absolute atomic E-state index is 13.3. The number of aromatic nitrogens is 2. The van der Waals surface area contributed by atoms with Gasteiger partial charge in [0.25, 0.3) is 0 Å². The Balaban J connectivity index is 1.80. The van der Waals surface area contributed by atoms with E-state index in [4.69, 9.17) is 14.6 Å². The predicted molar refractivity (Wildman–Crippen MR) is 155 cm³/mol. The van der Waals surface area contributed by atoms with Gasteiger partial charge in [-0.05, 0) is 63.1 Å². The van der Waals surface area contributed by atoms with Crippen LogP contribution in [0, 0.1) is 13.8 Å². The van der Waals surface area contributed by atoms with E-state index in [-0.39, 0.29) is 23.9 Å². The number of aryl methyl sites for hydroxylation is 2. The number of carbonyl (C=O) groups excluding carboxylic acids is 2. The van der Waals surface area contributed by atoms with Gasteiger partial charge in [-0.15, -0.1) is 0 Å². The first-order chi connectivity index (χ1) is 18.5. The third-order valence-corrected chi connectivity index (χ3v) is 6.14. The Morgan fingerprint density at radius 1 is 1.03 bits per heavy atom. The van der Waals surface area contributed by atoms with Gasteiger partial charge in [0.1, 0.15) is 18.1 Å². The number of hydrogen-bond donors (Lipinski definition) is 2. The minimum atomic E-state index is -0.372. The van der Waals surface area contributed by atoms with E-state index < -0.39 is 0 Å². The van der Waals surface area contributed by atoms with Crippen molar-refractivity contribution >= 4 is 23.4 Å². The van der Waals surface area contributed by atoms with Crippen molar-refractivity contribution in [1.29, 1.82) is 0 Å². The zero-order valence-electron chi connectivity index (χ0n) is 24.1. The Kier molecular flexibility index (Phi) is 10.1. The molecular weight excluding hydrogens is 494 g/mol. The topological polar surface area (TPSA) is 97.7 Å². The van der Waals surface area contributed by atoms with Crippen molar-refractivity contribution in [2.75, 3.05) is 44.0 Å². The molecular formula is C30H41N5O4. The molecule has 1 heterocycles. The van der Waals surface area contributed by atoms with Gasteiger partial charge in [-0.3, -0.25) is 4.79 Å². The van der Waals surface area contributed by atoms with Crippen molar-refractivity contribution in [3.05, 3.63) is 65.4 Å². The van der Waals surface area contributed by atoms with Crippen LogP contribution in [0.15, 0.2) is 48.5 Å². The van der Waals surface area contributed by atoms with E-state index in [1.165, 1.54) is 4.90 Å². The van der Waals surface area contributed by atoms with Gasteiger partial charge in [0.2, 0.25) is 5.91 Å². The first-order valence-corrected chi connectivity index (χ1v) is 13.3. The summed E-state index contributed by atoms with van der Waals surface area (Å²) >= 11 is 0. The molecule has 0 aliphatic rings. The standard InChI is InChI=1S/C30H41N5O4/c1-8-39-24-13-11-23(12-14-24)31-29(37)34(16-9-17-38-7)20-28(36)32-27-19-26(30(4,5)6)33-35(27)25-15-10-21(2)18-22(25)3/h10-15,18-19H,8-9,16-17,20H2,1-7H3,(H,31,37)(H,32,36). The molecule has 2 N–H and O–H groups in total. The van der Waals surface area contributed by atoms with E-state index in [1.54, 1.807) is 36.1 Å². The van der Waals surface area contributed by atoms with Gasteiger partial charge < -0.3 is 25.0 Å². The molecule has 9 nitrogen and oxygen atoms in total. The second kappa shape index (κ2) is 13.3. The van der Waals surface area contributed by atoms with Crippen LogP contribution in [-0.2, 0) is 14.9 Å². The molecule has 210 valence electrons. The Bertz CT molecular complexity index is 1260. The number of nitrogens with zero attached hydrogens (tertiary/aromatic N) is 3. The molecule has 0 unspecified atom stereocenters. The first-order valence-electron chi connectivity index (χ1n) is 13.3. The fourth-order valence-corrected chi connectivity index (χ4v) is 4.07. The number of nitrogens with one attached hydrogen (secondary N) is 2. The highest BCUT2D eigenvalue weighted by atomic mass is 16.5. The molecule has 0 radical (unpaired) electrons. The molecule has 0 bridgehead atoms. The number of anilines is 2. The zero-order chi connectivity index (χ0) is 28.6. The van der Waals surface area contributed by atoms with E-state index in [1.807, 2.05) is 39.0 Å². The summed E-state index contributed by atoms with van der Waals surface area (Å²) in [7, 11) is 1.61. The largest absolute Gasteiger partial charge is 0.494 e. The summed E-state index contributed by atoms with van der Waals surface area (Å²) in [6.07, 6.45) is 0.592. The highest BCUT2D eigenvalue weighted by Gasteiger charge is 2.23. The fraction of sp³-hybridized carbons (Fsp3) is 0.433. The molecule has 3 amide bonds. The van der Waals surface area contributed by atoms with Crippen LogP contribution in [0.1, 0.15) is 50.9 Å². The van der Waals surface area contributed by atoms with Gasteiger partial charge in [0.15, 0.2) is 0 Å². The molecule has 0 fully saturated rings. The van der Waals surface area contributed by atoms with Gasteiger partial charge in [0, 0.05) is 37.4 Å². The molecule has 39 heavy (non-hydrogen) atoms. The molecule has 9 heteroatoms. The number of urea groups is 1. The number of hydrogen-bond acceptors (Lipinski definition) is 5. The Morgan fingerprint density at radius 3 is 2.36 bits per heavy atom. The third kappa shape index (κ3) is 8.32. The molecule has 0 spiro atoms. The minimum absolute atomic E-state index is 0.129. The van der Waals surface area contributed by atoms with Crippen molar-refractivity contribution < 1.29 is 19.1 Å². The SMILES string of the molecule is CCOc1ccc(NC(=O)N(CCCOC)CC(=O)Nc2cc(C(C)(C)C)nn2-c2ccc(C)cc2C)cc1. The lowest BCUT2D eigenvalue weighted by atomic mass is 9.92. The summed E-state index contributed by atoms with van der Waals surface area (Å²) in [5, 5.41) is 10.7. The Labute approximate surface area is 231 Å². The summed E-state index contributed by atoms with van der Waals surface area (Å²) in [6.45, 7) is 13.5. The molecule has 0 saturated heterocycles. The fourth-order valence-electron chi connectivity index (χ4n) is 4.07. The lowest BCUT2D eigenvalue weighted by Crippen LogP contribution is -2.41. The van der Waals surface area contributed by atoms with E-state index >= 15 is 0 Å². The maximum Gasteiger partial charge on any atom is 0.322 e. The van der Waals surface area contributed by atoms with Crippen molar-refractivity contribution in [3.63, 3.8) is 0 Å². The lowest BCUT2D eigenvalue weighted by molar-refractivity contribution is -0.116. The average molecular weight is 536 g/mol. The highest BCUT2D eigenvalue weighted by Crippen LogP contribution is 2.28. The van der Waals surface area contributed by atoms with Gasteiger partial charge in [0.05, 0.1) is 18.0 Å². The summed E-state index contributed by atoms with van der Waals surface area (Å²) in [6, 6.07) is 14.8. The van der Waals surface area contributed by atoms with Gasteiger partial charge >= 0.3 is 6.03 Å². The molecule has 0 atom stereocenters. The molecule has 1 aromatic heterocycles. The van der Waals surface area contributed by atoms with E-state index in [2.05, 4.69) is 37.5 Å². The quantitative estimate of drug-likeness (QED) is 0.307. The number of rotatable bonds is 11. The lowest BCUT2D eigenvalue weighted by Gasteiger charge is -2.23. The van der Waals surface area contributed by atoms with Crippen LogP contribution in [-0.4, -0.2) is 60.0 Å². The van der Waals surface area contributed by atoms with Crippen LogP contribution in [0.2, 0.25) is 0 Å². The molecule has 0 saturated carbocycles. The molecule has 3 rings (SSSR count). The molecule has 0 aliphatic heterocycles. The van der Waals surface area contributed by atoms with Crippen LogP contribution < -0.4 is 15.4 Å². The van der Waals surface area contributed by atoms with Crippen LogP contribution in [0.3, 0.4) is 0 Å². The third-order valence-electron chi connectivity index (χ3n) is 6.14. The summed E-state index contributed by atoms with van der Waals surface area (Å²) in [5.41, 5.74) is 4.33. The Hall–Kier alpha value is -3.85. The van der Waals surface area contributed by atoms with Crippen LogP contribution in [0.25, 0.3) is 5.69 Å². The normalized spacial score (nSPS) is 11.3. The van der Waals surface area contributed by atoms with Crippen molar-refractivity contribution in [2.45, 2.75) is 53.4 Å². The number of amides is 3. The van der Waals surface area contributed by atoms with Crippen molar-refractivity contribution in [1.82, 2.24) is 14.7 Å². The van der Waals surface area contributed by atoms with Crippen molar-refractivity contribution in [3.8, 4) is 11.4 Å². The average Bonchev–Trinajstić information content (AvgIpc) is 3.29. The van der Waals surface area contributed by atoms with Crippen LogP contribution in [0.4, 0.5) is 16.3 Å². The van der Waals surface area contributed by atoms with Crippen LogP contribution >= 0.6 is 0 Å². The van der Waals surface area contributed by atoms with Crippen LogP contribution in [0.5, 0.6) is 5.75 Å². The second-order valence-electron chi connectivity index (χ2n) is 10.6. The molecule has 3 aromatic rings. The highest BCUT2D eigenvalue weighted by molar-refractivity contribution is 5.96. The number of ether oxygens (including phenoxy) is 2. The molecule has 0 aliphatic carbocycles. The van der Waals surface area contributed by atoms with Gasteiger partial charge in [-0.25, -0.2) is 9.48 Å². The number of benzene rings is 2. The van der Waals surface area contributed by atoms with Crippen molar-refractivity contribution in [2.24, 2.45) is 0 Å². The summed E-state index contributed by atoms with van der Waals surface area (Å²) in [5.74, 6) is 0.961. The summed E-state index contributed by atoms with van der Waals surface area (Å²) < 4.78 is 12.4. The monoisotopic (exact) mass is 535 g/mol.